The van der Waals surface area contributed by atoms with Gasteiger partial charge in [0, 0.05) is 10.9 Å². The van der Waals surface area contributed by atoms with Crippen LogP contribution in [-0.4, -0.2) is 14.8 Å². The first-order valence-electron chi connectivity index (χ1n) is 7.01. The van der Waals surface area contributed by atoms with E-state index in [1.165, 1.54) is 34.4 Å². The van der Waals surface area contributed by atoms with Gasteiger partial charge in [0.15, 0.2) is 5.76 Å². The molecule has 24 heavy (non-hydrogen) atoms. The molecule has 4 aromatic rings. The molecule has 8 heteroatoms. The van der Waals surface area contributed by atoms with E-state index < -0.39 is 5.76 Å². The van der Waals surface area contributed by atoms with Crippen LogP contribution < -0.4 is 5.76 Å². The maximum absolute atomic E-state index is 13.0. The molecule has 0 unspecified atom stereocenters. The Hall–Kier alpha value is -3.00. The summed E-state index contributed by atoms with van der Waals surface area (Å²) >= 11 is 1.41. The van der Waals surface area contributed by atoms with E-state index >= 15 is 0 Å². The Kier molecular flexibility index (Phi) is 3.58. The van der Waals surface area contributed by atoms with E-state index in [-0.39, 0.29) is 18.3 Å². The minimum absolute atomic E-state index is 0.124. The molecule has 4 rings (SSSR count). The highest BCUT2D eigenvalue weighted by Gasteiger charge is 2.14. The maximum Gasteiger partial charge on any atom is 0.437 e. The Morgan fingerprint density at radius 2 is 2.04 bits per heavy atom. The third-order valence-corrected chi connectivity index (χ3v) is 4.23. The van der Waals surface area contributed by atoms with Crippen LogP contribution in [0.4, 0.5) is 4.39 Å². The lowest BCUT2D eigenvalue weighted by Crippen LogP contribution is -2.16. The van der Waals surface area contributed by atoms with Gasteiger partial charge in [-0.15, -0.1) is 16.4 Å². The van der Waals surface area contributed by atoms with Crippen LogP contribution in [0.1, 0.15) is 5.69 Å². The van der Waals surface area contributed by atoms with Gasteiger partial charge in [-0.1, -0.05) is 0 Å². The quantitative estimate of drug-likeness (QED) is 0.568. The molecule has 0 fully saturated rings. The highest BCUT2D eigenvalue weighted by Crippen LogP contribution is 2.24. The van der Waals surface area contributed by atoms with Gasteiger partial charge in [0.1, 0.15) is 10.8 Å². The Labute approximate surface area is 138 Å². The van der Waals surface area contributed by atoms with Crippen LogP contribution in [-0.2, 0) is 6.54 Å². The second-order valence-electron chi connectivity index (χ2n) is 4.96. The first-order valence-corrected chi connectivity index (χ1v) is 7.89. The van der Waals surface area contributed by atoms with Crippen molar-refractivity contribution >= 4 is 11.3 Å². The molecule has 0 aliphatic rings. The second-order valence-corrected chi connectivity index (χ2v) is 5.82. The van der Waals surface area contributed by atoms with Crippen LogP contribution in [0.2, 0.25) is 0 Å². The number of nitrogens with zero attached hydrogens (tertiary/aromatic N) is 3. The molecular weight excluding hydrogens is 333 g/mol. The number of halogens is 1. The molecule has 0 N–H and O–H groups in total. The van der Waals surface area contributed by atoms with E-state index in [1.54, 1.807) is 24.3 Å². The second kappa shape index (κ2) is 5.89. The van der Waals surface area contributed by atoms with Crippen molar-refractivity contribution in [2.75, 3.05) is 0 Å². The van der Waals surface area contributed by atoms with Crippen LogP contribution in [0.3, 0.4) is 0 Å². The molecule has 0 spiro atoms. The van der Waals surface area contributed by atoms with Gasteiger partial charge in [0.2, 0.25) is 0 Å². The van der Waals surface area contributed by atoms with Crippen molar-refractivity contribution in [3.63, 3.8) is 0 Å². The average Bonchev–Trinajstić information content (AvgIpc) is 3.31. The molecular formula is C16H10FN3O3S. The minimum atomic E-state index is -0.585. The molecule has 0 saturated heterocycles. The number of hydrogen-bond donors (Lipinski definition) is 0. The van der Waals surface area contributed by atoms with Crippen molar-refractivity contribution in [2.45, 2.75) is 6.54 Å². The third kappa shape index (κ3) is 2.79. The monoisotopic (exact) mass is 343 g/mol. The Morgan fingerprint density at radius 3 is 2.79 bits per heavy atom. The molecule has 0 bridgehead atoms. The fourth-order valence-corrected chi connectivity index (χ4v) is 2.98. The zero-order valence-electron chi connectivity index (χ0n) is 12.2. The van der Waals surface area contributed by atoms with Gasteiger partial charge in [-0.05, 0) is 36.4 Å². The molecule has 0 amide bonds. The van der Waals surface area contributed by atoms with E-state index in [9.17, 15) is 9.18 Å². The number of hydrogen-bond acceptors (Lipinski definition) is 6. The molecule has 120 valence electrons. The maximum atomic E-state index is 13.0. The number of furan rings is 1. The van der Waals surface area contributed by atoms with E-state index in [0.717, 1.165) is 10.6 Å². The molecule has 0 aliphatic heterocycles. The summed E-state index contributed by atoms with van der Waals surface area (Å²) in [5.41, 5.74) is 1.48. The summed E-state index contributed by atoms with van der Waals surface area (Å²) in [6.45, 7) is 0.181. The number of thiazole rings is 1. The van der Waals surface area contributed by atoms with Gasteiger partial charge in [-0.2, -0.15) is 4.68 Å². The first kappa shape index (κ1) is 14.6. The molecule has 3 heterocycles. The SMILES string of the molecule is O=c1oc(-c2ccco2)nn1Cc1csc(-c2ccc(F)cc2)n1. The zero-order valence-corrected chi connectivity index (χ0v) is 13.0. The largest absolute Gasteiger partial charge is 0.459 e. The molecule has 0 atom stereocenters. The summed E-state index contributed by atoms with van der Waals surface area (Å²) in [4.78, 5) is 16.3. The Bertz CT molecular complexity index is 1020. The summed E-state index contributed by atoms with van der Waals surface area (Å²) in [5.74, 6) is -0.372. The van der Waals surface area contributed by atoms with Crippen molar-refractivity contribution in [1.29, 1.82) is 0 Å². The highest BCUT2D eigenvalue weighted by molar-refractivity contribution is 7.13. The summed E-state index contributed by atoms with van der Waals surface area (Å²) < 4.78 is 24.4. The van der Waals surface area contributed by atoms with Crippen molar-refractivity contribution in [2.24, 2.45) is 0 Å². The topological polar surface area (TPSA) is 74.1 Å². The predicted octanol–water partition coefficient (Wildman–Crippen LogP) is 3.41. The van der Waals surface area contributed by atoms with E-state index in [2.05, 4.69) is 10.1 Å². The normalized spacial score (nSPS) is 11.0. The van der Waals surface area contributed by atoms with Crippen LogP contribution in [0.5, 0.6) is 0 Å². The Balaban J connectivity index is 1.58. The van der Waals surface area contributed by atoms with Gasteiger partial charge >= 0.3 is 5.76 Å². The highest BCUT2D eigenvalue weighted by atomic mass is 32.1. The van der Waals surface area contributed by atoms with Crippen LogP contribution in [0.15, 0.2) is 61.7 Å². The predicted molar refractivity (Wildman–Crippen MR) is 85.1 cm³/mol. The van der Waals surface area contributed by atoms with Gasteiger partial charge in [0.25, 0.3) is 5.89 Å². The van der Waals surface area contributed by atoms with Crippen molar-refractivity contribution in [3.05, 3.63) is 70.1 Å². The number of aromatic nitrogens is 3. The standard InChI is InChI=1S/C16H10FN3O3S/c17-11-5-3-10(4-6-11)15-18-12(9-24-15)8-20-16(21)23-14(19-20)13-2-1-7-22-13/h1-7,9H,8H2. The van der Waals surface area contributed by atoms with Crippen molar-refractivity contribution in [1.82, 2.24) is 14.8 Å². The van der Waals surface area contributed by atoms with Crippen LogP contribution >= 0.6 is 11.3 Å². The van der Waals surface area contributed by atoms with Crippen LogP contribution in [0, 0.1) is 5.82 Å². The van der Waals surface area contributed by atoms with Gasteiger partial charge in [-0.3, -0.25) is 0 Å². The zero-order chi connectivity index (χ0) is 16.5. The molecule has 6 nitrogen and oxygen atoms in total. The number of benzene rings is 1. The summed E-state index contributed by atoms with van der Waals surface area (Å²) in [6, 6.07) is 9.43. The van der Waals surface area contributed by atoms with E-state index in [4.69, 9.17) is 8.83 Å². The lowest BCUT2D eigenvalue weighted by Gasteiger charge is -1.96. The van der Waals surface area contributed by atoms with Gasteiger partial charge in [0.05, 0.1) is 18.5 Å². The molecule has 3 aromatic heterocycles. The lowest BCUT2D eigenvalue weighted by atomic mass is 10.2. The summed E-state index contributed by atoms with van der Waals surface area (Å²) in [7, 11) is 0. The molecule has 0 radical (unpaired) electrons. The van der Waals surface area contributed by atoms with E-state index in [0.29, 0.717) is 11.5 Å². The van der Waals surface area contributed by atoms with Gasteiger partial charge < -0.3 is 8.83 Å². The lowest BCUT2D eigenvalue weighted by molar-refractivity contribution is 0.476. The molecule has 0 aliphatic carbocycles. The number of rotatable bonds is 4. The van der Waals surface area contributed by atoms with Crippen molar-refractivity contribution in [3.8, 4) is 22.2 Å². The third-order valence-electron chi connectivity index (χ3n) is 3.29. The Morgan fingerprint density at radius 1 is 1.21 bits per heavy atom. The first-order chi connectivity index (χ1) is 11.7. The molecule has 1 aromatic carbocycles. The molecule has 0 saturated carbocycles. The smallest absolute Gasteiger partial charge is 0.437 e. The minimum Gasteiger partial charge on any atom is -0.459 e. The van der Waals surface area contributed by atoms with Crippen LogP contribution in [0.25, 0.3) is 22.2 Å². The van der Waals surface area contributed by atoms with E-state index in [1.807, 2.05) is 5.38 Å². The summed E-state index contributed by atoms with van der Waals surface area (Å²) in [6.07, 6.45) is 1.48. The van der Waals surface area contributed by atoms with Crippen molar-refractivity contribution < 1.29 is 13.2 Å². The summed E-state index contributed by atoms with van der Waals surface area (Å²) in [5, 5.41) is 6.67. The fraction of sp³-hybridized carbons (Fsp3) is 0.0625. The fourth-order valence-electron chi connectivity index (χ4n) is 2.16. The average molecular weight is 343 g/mol. The van der Waals surface area contributed by atoms with Gasteiger partial charge in [-0.25, -0.2) is 14.2 Å².